The zero-order valence-corrected chi connectivity index (χ0v) is 19.1. The average molecular weight is 460 g/mol. The number of nitrogens with zero attached hydrogens (tertiary/aromatic N) is 3. The van der Waals surface area contributed by atoms with Gasteiger partial charge in [-0.3, -0.25) is 19.5 Å². The summed E-state index contributed by atoms with van der Waals surface area (Å²) in [6.45, 7) is 2.11. The second-order valence-corrected chi connectivity index (χ2v) is 7.98. The molecule has 174 valence electrons. The van der Waals surface area contributed by atoms with Crippen molar-refractivity contribution in [2.24, 2.45) is 0 Å². The first-order chi connectivity index (χ1) is 16.3. The first-order valence-corrected chi connectivity index (χ1v) is 10.8. The largest absolute Gasteiger partial charge is 0.507 e. The lowest BCUT2D eigenvalue weighted by Crippen LogP contribution is -2.29. The van der Waals surface area contributed by atoms with Gasteiger partial charge >= 0.3 is 0 Å². The molecule has 0 saturated carbocycles. The molecule has 0 radical (unpaired) electrons. The number of hydrogen-bond donors (Lipinski definition) is 2. The van der Waals surface area contributed by atoms with Gasteiger partial charge in [-0.15, -0.1) is 0 Å². The number of pyridine rings is 1. The van der Waals surface area contributed by atoms with Crippen LogP contribution in [0.15, 0.2) is 72.6 Å². The molecule has 0 spiro atoms. The van der Waals surface area contributed by atoms with E-state index in [1.165, 1.54) is 23.4 Å². The summed E-state index contributed by atoms with van der Waals surface area (Å²) in [6.07, 6.45) is 2.99. The van der Waals surface area contributed by atoms with Gasteiger partial charge in [0.15, 0.2) is 11.5 Å². The van der Waals surface area contributed by atoms with Crippen LogP contribution in [0.2, 0.25) is 0 Å². The van der Waals surface area contributed by atoms with Gasteiger partial charge in [0.2, 0.25) is 0 Å². The quantitative estimate of drug-likeness (QED) is 0.328. The number of phenolic OH excluding ortho intramolecular Hbond substituents is 1. The molecule has 0 aliphatic carbocycles. The number of amides is 1. The SMILES string of the molecule is CCOc1cc(C2/C(=C(/O)c3ccncc3)C(=O)C(=O)N2c2ccc(N(C)C)cc2)ccc1O. The summed E-state index contributed by atoms with van der Waals surface area (Å²) in [4.78, 5) is 33.7. The van der Waals surface area contributed by atoms with E-state index in [9.17, 15) is 19.8 Å². The molecule has 4 rings (SSSR count). The molecule has 8 heteroatoms. The summed E-state index contributed by atoms with van der Waals surface area (Å²) in [6, 6.07) is 14.0. The fraction of sp³-hybridized carbons (Fsp3) is 0.192. The Kier molecular flexibility index (Phi) is 6.23. The minimum Gasteiger partial charge on any atom is -0.507 e. The third-order valence-corrected chi connectivity index (χ3v) is 5.64. The van der Waals surface area contributed by atoms with Crippen LogP contribution in [0.1, 0.15) is 24.1 Å². The Morgan fingerprint density at radius 3 is 2.35 bits per heavy atom. The van der Waals surface area contributed by atoms with Crippen LogP contribution in [0, 0.1) is 0 Å². The van der Waals surface area contributed by atoms with Crippen LogP contribution < -0.4 is 14.5 Å². The predicted molar refractivity (Wildman–Crippen MR) is 129 cm³/mol. The molecule has 8 nitrogen and oxygen atoms in total. The molecule has 1 aliphatic heterocycles. The van der Waals surface area contributed by atoms with Gasteiger partial charge in [-0.25, -0.2) is 0 Å². The molecule has 1 fully saturated rings. The van der Waals surface area contributed by atoms with Crippen LogP contribution in [-0.2, 0) is 9.59 Å². The highest BCUT2D eigenvalue weighted by Gasteiger charge is 2.47. The summed E-state index contributed by atoms with van der Waals surface area (Å²) in [5.41, 5.74) is 2.24. The van der Waals surface area contributed by atoms with Gasteiger partial charge in [0, 0.05) is 43.4 Å². The third-order valence-electron chi connectivity index (χ3n) is 5.64. The number of aromatic nitrogens is 1. The molecule has 2 heterocycles. The van der Waals surface area contributed by atoms with E-state index in [0.717, 1.165) is 5.69 Å². The van der Waals surface area contributed by atoms with Gasteiger partial charge in [-0.05, 0) is 61.0 Å². The highest BCUT2D eigenvalue weighted by Crippen LogP contribution is 2.44. The Hall–Kier alpha value is -4.33. The zero-order valence-electron chi connectivity index (χ0n) is 19.1. The fourth-order valence-corrected chi connectivity index (χ4v) is 3.96. The molecule has 1 atom stereocenters. The van der Waals surface area contributed by atoms with Crippen LogP contribution >= 0.6 is 0 Å². The smallest absolute Gasteiger partial charge is 0.300 e. The second-order valence-electron chi connectivity index (χ2n) is 7.98. The monoisotopic (exact) mass is 459 g/mol. The highest BCUT2D eigenvalue weighted by molar-refractivity contribution is 6.51. The summed E-state index contributed by atoms with van der Waals surface area (Å²) in [5, 5.41) is 21.3. The van der Waals surface area contributed by atoms with E-state index in [2.05, 4.69) is 4.98 Å². The van der Waals surface area contributed by atoms with E-state index in [4.69, 9.17) is 4.74 Å². The maximum atomic E-state index is 13.3. The highest BCUT2D eigenvalue weighted by atomic mass is 16.5. The Morgan fingerprint density at radius 2 is 1.74 bits per heavy atom. The summed E-state index contributed by atoms with van der Waals surface area (Å²) in [7, 11) is 3.81. The number of carbonyl (C=O) groups is 2. The van der Waals surface area contributed by atoms with E-state index < -0.39 is 17.7 Å². The first-order valence-electron chi connectivity index (χ1n) is 10.8. The van der Waals surface area contributed by atoms with E-state index >= 15 is 0 Å². The fourth-order valence-electron chi connectivity index (χ4n) is 3.96. The van der Waals surface area contributed by atoms with Crippen molar-refractivity contribution in [2.45, 2.75) is 13.0 Å². The first kappa shape index (κ1) is 22.8. The number of ketones is 1. The number of anilines is 2. The second kappa shape index (κ2) is 9.27. The van der Waals surface area contributed by atoms with E-state index in [-0.39, 0.29) is 22.8 Å². The Morgan fingerprint density at radius 1 is 1.06 bits per heavy atom. The third kappa shape index (κ3) is 4.05. The van der Waals surface area contributed by atoms with Crippen molar-refractivity contribution in [3.63, 3.8) is 0 Å². The topological polar surface area (TPSA) is 103 Å². The summed E-state index contributed by atoms with van der Waals surface area (Å²) < 4.78 is 5.52. The maximum Gasteiger partial charge on any atom is 0.300 e. The lowest BCUT2D eigenvalue weighted by molar-refractivity contribution is -0.132. The average Bonchev–Trinajstić information content (AvgIpc) is 3.11. The number of aromatic hydroxyl groups is 1. The molecular formula is C26H25N3O5. The number of phenols is 1. The minimum absolute atomic E-state index is 0.0546. The Labute approximate surface area is 197 Å². The van der Waals surface area contributed by atoms with E-state index in [1.807, 2.05) is 31.1 Å². The molecule has 1 amide bonds. The van der Waals surface area contributed by atoms with Crippen molar-refractivity contribution >= 4 is 28.8 Å². The van der Waals surface area contributed by atoms with Crippen molar-refractivity contribution in [3.8, 4) is 11.5 Å². The molecule has 1 aliphatic rings. The van der Waals surface area contributed by atoms with Crippen molar-refractivity contribution in [1.29, 1.82) is 0 Å². The predicted octanol–water partition coefficient (Wildman–Crippen LogP) is 3.88. The molecule has 3 aromatic rings. The van der Waals surface area contributed by atoms with E-state index in [1.54, 1.807) is 43.3 Å². The van der Waals surface area contributed by atoms with Crippen LogP contribution in [0.25, 0.3) is 5.76 Å². The van der Waals surface area contributed by atoms with Crippen molar-refractivity contribution in [3.05, 3.63) is 83.7 Å². The minimum atomic E-state index is -0.932. The Balaban J connectivity index is 1.93. The molecule has 0 bridgehead atoms. The van der Waals surface area contributed by atoms with Crippen molar-refractivity contribution in [1.82, 2.24) is 4.98 Å². The van der Waals surface area contributed by atoms with Gasteiger partial charge in [-0.2, -0.15) is 0 Å². The molecular weight excluding hydrogens is 434 g/mol. The van der Waals surface area contributed by atoms with Crippen molar-refractivity contribution in [2.75, 3.05) is 30.5 Å². The maximum absolute atomic E-state index is 13.3. The van der Waals surface area contributed by atoms with Crippen molar-refractivity contribution < 1.29 is 24.5 Å². The molecule has 1 saturated heterocycles. The lowest BCUT2D eigenvalue weighted by atomic mass is 9.95. The number of ether oxygens (including phenoxy) is 1. The van der Waals surface area contributed by atoms with Crippen LogP contribution in [-0.4, -0.2) is 47.6 Å². The van der Waals surface area contributed by atoms with Crippen LogP contribution in [0.5, 0.6) is 11.5 Å². The number of Topliss-reactive ketones (excluding diaryl/α,β-unsaturated/α-hetero) is 1. The number of aliphatic hydroxyl groups excluding tert-OH is 1. The molecule has 2 N–H and O–H groups in total. The normalized spacial score (nSPS) is 17.1. The number of benzene rings is 2. The molecule has 2 aromatic carbocycles. The lowest BCUT2D eigenvalue weighted by Gasteiger charge is -2.26. The van der Waals surface area contributed by atoms with Gasteiger partial charge in [0.1, 0.15) is 5.76 Å². The Bertz CT molecular complexity index is 1250. The molecule has 1 aromatic heterocycles. The van der Waals surface area contributed by atoms with Gasteiger partial charge in [0.05, 0.1) is 18.2 Å². The standard InChI is InChI=1S/C26H25N3O5/c1-4-34-21-15-17(5-10-20(21)30)23-22(24(31)16-11-13-27-14-12-16)25(32)26(33)29(23)19-8-6-18(7-9-19)28(2)3/h5-15,23,30-31H,4H2,1-3H3/b24-22-. The van der Waals surface area contributed by atoms with E-state index in [0.29, 0.717) is 23.4 Å². The molecule has 34 heavy (non-hydrogen) atoms. The van der Waals surface area contributed by atoms with Crippen LogP contribution in [0.3, 0.4) is 0 Å². The van der Waals surface area contributed by atoms with Gasteiger partial charge in [-0.1, -0.05) is 6.07 Å². The molecule has 1 unspecified atom stereocenters. The summed E-state index contributed by atoms with van der Waals surface area (Å²) >= 11 is 0. The number of carbonyl (C=O) groups excluding carboxylic acids is 2. The van der Waals surface area contributed by atoms with Crippen LogP contribution in [0.4, 0.5) is 11.4 Å². The number of rotatable bonds is 6. The zero-order chi connectivity index (χ0) is 24.4. The van der Waals surface area contributed by atoms with Gasteiger partial charge < -0.3 is 19.8 Å². The number of hydrogen-bond acceptors (Lipinski definition) is 7. The van der Waals surface area contributed by atoms with Gasteiger partial charge in [0.25, 0.3) is 11.7 Å². The summed E-state index contributed by atoms with van der Waals surface area (Å²) in [5.74, 6) is -1.71. The number of aliphatic hydroxyl groups is 1.